The molecule has 5 rings (SSSR count). The quantitative estimate of drug-likeness (QED) is 0.245. The van der Waals surface area contributed by atoms with Crippen LogP contribution in [0, 0.1) is 46.3 Å². The highest BCUT2D eigenvalue weighted by Crippen LogP contribution is 2.62. The van der Waals surface area contributed by atoms with Gasteiger partial charge in [-0.1, -0.05) is 27.7 Å². The van der Waals surface area contributed by atoms with Gasteiger partial charge in [0.25, 0.3) is 0 Å². The van der Waals surface area contributed by atoms with E-state index in [1.165, 1.54) is 116 Å². The molecular weight excluding hydrogens is 488 g/mol. The van der Waals surface area contributed by atoms with Crippen molar-refractivity contribution in [2.75, 3.05) is 52.4 Å². The predicted octanol–water partition coefficient (Wildman–Crippen LogP) is 6.43. The van der Waals surface area contributed by atoms with Crippen LogP contribution in [0.2, 0.25) is 0 Å². The molecule has 5 fully saturated rings. The minimum atomic E-state index is 0. The van der Waals surface area contributed by atoms with Crippen LogP contribution < -0.4 is 11.1 Å². The molecule has 222 valence electrons. The molecule has 6 unspecified atom stereocenters. The topological polar surface area (TPSA) is 44.5 Å². The van der Waals surface area contributed by atoms with E-state index < -0.39 is 0 Å². The SMILES string of the molecule is CC1(C)C2CCC(C2)C1CCC(CCC1C2CCC(C2)C1(C)C)NCCCN1CCN(CCCN)CC1.Cl. The molecule has 0 amide bonds. The third kappa shape index (κ3) is 6.77. The van der Waals surface area contributed by atoms with Crippen LogP contribution in [-0.2, 0) is 0 Å². The molecule has 0 spiro atoms. The molecule has 5 heteroatoms. The lowest BCUT2D eigenvalue weighted by Crippen LogP contribution is -2.47. The first-order chi connectivity index (χ1) is 17.8. The van der Waals surface area contributed by atoms with E-state index in [2.05, 4.69) is 42.8 Å². The molecular formula is C33H63ClN4. The monoisotopic (exact) mass is 550 g/mol. The van der Waals surface area contributed by atoms with Gasteiger partial charge in [0.15, 0.2) is 0 Å². The minimum Gasteiger partial charge on any atom is -0.330 e. The van der Waals surface area contributed by atoms with Gasteiger partial charge >= 0.3 is 0 Å². The van der Waals surface area contributed by atoms with Crippen LogP contribution in [0.1, 0.15) is 105 Å². The Morgan fingerprint density at radius 2 is 1.21 bits per heavy atom. The van der Waals surface area contributed by atoms with Crippen LogP contribution in [0.15, 0.2) is 0 Å². The Kier molecular flexibility index (Phi) is 11.0. The van der Waals surface area contributed by atoms with Gasteiger partial charge in [0, 0.05) is 32.2 Å². The second-order valence-electron chi connectivity index (χ2n) is 15.4. The summed E-state index contributed by atoms with van der Waals surface area (Å²) >= 11 is 0. The summed E-state index contributed by atoms with van der Waals surface area (Å²) in [6.07, 6.45) is 17.4. The van der Waals surface area contributed by atoms with Crippen LogP contribution in [0.4, 0.5) is 0 Å². The van der Waals surface area contributed by atoms with Crippen molar-refractivity contribution in [2.24, 2.45) is 52.1 Å². The maximum atomic E-state index is 5.71. The molecule has 38 heavy (non-hydrogen) atoms. The van der Waals surface area contributed by atoms with E-state index >= 15 is 0 Å². The smallest absolute Gasteiger partial charge is 0.0110 e. The summed E-state index contributed by atoms with van der Waals surface area (Å²) in [5.74, 6) is 6.05. The van der Waals surface area contributed by atoms with Gasteiger partial charge in [0.05, 0.1) is 0 Å². The van der Waals surface area contributed by atoms with Crippen molar-refractivity contribution in [3.8, 4) is 0 Å². The van der Waals surface area contributed by atoms with Gasteiger partial charge in [0.1, 0.15) is 0 Å². The summed E-state index contributed by atoms with van der Waals surface area (Å²) in [5, 5.41) is 4.14. The molecule has 1 saturated heterocycles. The van der Waals surface area contributed by atoms with E-state index in [-0.39, 0.29) is 12.4 Å². The lowest BCUT2D eigenvalue weighted by atomic mass is 9.66. The number of hydrogen-bond acceptors (Lipinski definition) is 4. The van der Waals surface area contributed by atoms with Gasteiger partial charge in [-0.05, 0) is 150 Å². The van der Waals surface area contributed by atoms with Gasteiger partial charge in [-0.25, -0.2) is 0 Å². The first-order valence-electron chi connectivity index (χ1n) is 16.7. The number of rotatable bonds is 14. The van der Waals surface area contributed by atoms with Gasteiger partial charge in [0.2, 0.25) is 0 Å². The molecule has 5 aliphatic rings. The molecule has 1 aliphatic heterocycles. The van der Waals surface area contributed by atoms with Crippen molar-refractivity contribution in [3.63, 3.8) is 0 Å². The van der Waals surface area contributed by atoms with Crippen molar-refractivity contribution < 1.29 is 0 Å². The Morgan fingerprint density at radius 3 is 1.63 bits per heavy atom. The van der Waals surface area contributed by atoms with E-state index in [4.69, 9.17) is 5.73 Å². The molecule has 0 radical (unpaired) electrons. The van der Waals surface area contributed by atoms with Crippen molar-refractivity contribution in [1.82, 2.24) is 15.1 Å². The molecule has 4 aliphatic carbocycles. The maximum absolute atomic E-state index is 5.71. The Morgan fingerprint density at radius 1 is 0.737 bits per heavy atom. The van der Waals surface area contributed by atoms with E-state index in [1.54, 1.807) is 0 Å². The summed E-state index contributed by atoms with van der Waals surface area (Å²) in [7, 11) is 0. The maximum Gasteiger partial charge on any atom is 0.0110 e. The van der Waals surface area contributed by atoms with E-state index in [0.717, 1.165) is 54.5 Å². The number of nitrogens with two attached hydrogens (primary N) is 1. The Hall–Kier alpha value is 0.130. The first-order valence-corrected chi connectivity index (χ1v) is 16.7. The van der Waals surface area contributed by atoms with Crippen LogP contribution >= 0.6 is 12.4 Å². The Balaban J connectivity index is 0.00000336. The summed E-state index contributed by atoms with van der Waals surface area (Å²) in [6.45, 7) is 19.9. The summed E-state index contributed by atoms with van der Waals surface area (Å²) in [6, 6.07) is 0.734. The van der Waals surface area contributed by atoms with Crippen molar-refractivity contribution in [3.05, 3.63) is 0 Å². The zero-order chi connectivity index (χ0) is 26.0. The van der Waals surface area contributed by atoms with Gasteiger partial charge in [-0.15, -0.1) is 12.4 Å². The molecule has 1 heterocycles. The number of halogens is 1. The Labute approximate surface area is 242 Å². The molecule has 3 N–H and O–H groups in total. The molecule has 4 saturated carbocycles. The standard InChI is InChI=1S/C33H62N4.ClH/c1-32(2)27-9-7-25(23-27)30(32)13-11-29(12-14-31-26-8-10-28(24-26)33(31,3)4)35-16-6-18-37-21-19-36(20-22-37)17-5-15-34;/h25-31,35H,5-24,34H2,1-4H3;1H. The first kappa shape index (κ1) is 31.1. The van der Waals surface area contributed by atoms with Crippen molar-refractivity contribution in [2.45, 2.75) is 111 Å². The largest absolute Gasteiger partial charge is 0.330 e. The highest BCUT2D eigenvalue weighted by atomic mass is 35.5. The van der Waals surface area contributed by atoms with Gasteiger partial charge in [-0.3, -0.25) is 0 Å². The molecule has 0 aromatic heterocycles. The van der Waals surface area contributed by atoms with E-state index in [1.807, 2.05) is 0 Å². The van der Waals surface area contributed by atoms with Crippen LogP contribution in [-0.4, -0.2) is 68.2 Å². The second-order valence-corrected chi connectivity index (χ2v) is 15.4. The number of fused-ring (bicyclic) bond motifs is 4. The fourth-order valence-corrected chi connectivity index (χ4v) is 10.4. The molecule has 4 bridgehead atoms. The van der Waals surface area contributed by atoms with E-state index in [9.17, 15) is 0 Å². The normalized spacial score (nSPS) is 36.6. The van der Waals surface area contributed by atoms with Gasteiger partial charge in [-0.2, -0.15) is 0 Å². The van der Waals surface area contributed by atoms with Crippen LogP contribution in [0.25, 0.3) is 0 Å². The third-order valence-electron chi connectivity index (χ3n) is 13.0. The van der Waals surface area contributed by atoms with Crippen LogP contribution in [0.3, 0.4) is 0 Å². The molecule has 0 aromatic carbocycles. The van der Waals surface area contributed by atoms with Crippen LogP contribution in [0.5, 0.6) is 0 Å². The second kappa shape index (κ2) is 13.4. The predicted molar refractivity (Wildman–Crippen MR) is 165 cm³/mol. The Bertz CT molecular complexity index is 676. The zero-order valence-corrected chi connectivity index (χ0v) is 26.4. The van der Waals surface area contributed by atoms with Crippen molar-refractivity contribution >= 4 is 12.4 Å². The fourth-order valence-electron chi connectivity index (χ4n) is 10.4. The third-order valence-corrected chi connectivity index (χ3v) is 13.0. The summed E-state index contributed by atoms with van der Waals surface area (Å²) in [4.78, 5) is 5.30. The lowest BCUT2D eigenvalue weighted by Gasteiger charge is -2.40. The highest BCUT2D eigenvalue weighted by Gasteiger charge is 2.53. The van der Waals surface area contributed by atoms with Gasteiger partial charge < -0.3 is 20.9 Å². The van der Waals surface area contributed by atoms with Crippen molar-refractivity contribution in [1.29, 1.82) is 0 Å². The average Bonchev–Trinajstić information content (AvgIpc) is 3.64. The number of nitrogens with zero attached hydrogens (tertiary/aromatic N) is 2. The lowest BCUT2D eigenvalue weighted by molar-refractivity contribution is 0.0992. The molecule has 0 aromatic rings. The fraction of sp³-hybridized carbons (Fsp3) is 1.00. The molecule has 6 atom stereocenters. The zero-order valence-electron chi connectivity index (χ0n) is 25.6. The number of hydrogen-bond donors (Lipinski definition) is 2. The summed E-state index contributed by atoms with van der Waals surface area (Å²) in [5.41, 5.74) is 6.89. The number of piperazine rings is 1. The number of nitrogens with one attached hydrogen (secondary N) is 1. The summed E-state index contributed by atoms with van der Waals surface area (Å²) < 4.78 is 0. The minimum absolute atomic E-state index is 0. The average molecular weight is 551 g/mol. The van der Waals surface area contributed by atoms with E-state index in [0.29, 0.717) is 10.8 Å². The molecule has 4 nitrogen and oxygen atoms in total. The highest BCUT2D eigenvalue weighted by molar-refractivity contribution is 5.85.